The summed E-state index contributed by atoms with van der Waals surface area (Å²) in [5.74, 6) is 0.743. The molecule has 1 heterocycles. The van der Waals surface area contributed by atoms with E-state index in [1.54, 1.807) is 36.4 Å². The smallest absolute Gasteiger partial charge is 0.242 e. The number of sulfonamides is 1. The number of rotatable bonds is 6. The molecule has 0 atom stereocenters. The van der Waals surface area contributed by atoms with Gasteiger partial charge in [0.05, 0.1) is 5.02 Å². The van der Waals surface area contributed by atoms with E-state index in [4.69, 9.17) is 27.7 Å². The molecule has 9 heteroatoms. The monoisotopic (exact) mass is 397 g/mol. The Morgan fingerprint density at radius 1 is 1.04 bits per heavy atom. The highest BCUT2D eigenvalue weighted by Gasteiger charge is 2.17. The summed E-state index contributed by atoms with van der Waals surface area (Å²) in [7, 11) is -3.70. The van der Waals surface area contributed by atoms with Gasteiger partial charge in [-0.25, -0.2) is 13.1 Å². The molecule has 0 saturated heterocycles. The van der Waals surface area contributed by atoms with E-state index in [1.165, 1.54) is 12.1 Å². The van der Waals surface area contributed by atoms with Gasteiger partial charge < -0.3 is 4.52 Å². The maximum absolute atomic E-state index is 12.2. The standard InChI is InChI=1S/C16H13Cl2N3O3S/c17-12-7-5-11(6-8-12)16-20-15(24-21-16)9-10-19-25(22,23)14-4-2-1-3-13(14)18/h1-8,19H,9-10H2. The van der Waals surface area contributed by atoms with Gasteiger partial charge in [-0.05, 0) is 36.4 Å². The second kappa shape index (κ2) is 7.53. The lowest BCUT2D eigenvalue weighted by Gasteiger charge is -2.06. The van der Waals surface area contributed by atoms with Crippen molar-refractivity contribution in [3.05, 3.63) is 64.5 Å². The van der Waals surface area contributed by atoms with Gasteiger partial charge in [-0.1, -0.05) is 40.5 Å². The van der Waals surface area contributed by atoms with Crippen LogP contribution in [0.2, 0.25) is 10.0 Å². The summed E-state index contributed by atoms with van der Waals surface area (Å²) in [6.07, 6.45) is 0.254. The molecule has 130 valence electrons. The number of benzene rings is 2. The molecule has 0 aliphatic carbocycles. The quantitative estimate of drug-likeness (QED) is 0.686. The summed E-state index contributed by atoms with van der Waals surface area (Å²) in [4.78, 5) is 4.27. The summed E-state index contributed by atoms with van der Waals surface area (Å²) in [6.45, 7) is 0.107. The molecule has 3 rings (SSSR count). The van der Waals surface area contributed by atoms with Crippen molar-refractivity contribution in [1.82, 2.24) is 14.9 Å². The molecule has 0 unspecified atom stereocenters. The number of nitrogens with one attached hydrogen (secondary N) is 1. The van der Waals surface area contributed by atoms with E-state index in [0.29, 0.717) is 16.7 Å². The van der Waals surface area contributed by atoms with Crippen LogP contribution >= 0.6 is 23.2 Å². The largest absolute Gasteiger partial charge is 0.339 e. The highest BCUT2D eigenvalue weighted by molar-refractivity contribution is 7.89. The third-order valence-electron chi connectivity index (χ3n) is 3.33. The van der Waals surface area contributed by atoms with Crippen LogP contribution in [0.5, 0.6) is 0 Å². The molecule has 1 N–H and O–H groups in total. The van der Waals surface area contributed by atoms with Crippen LogP contribution in [0, 0.1) is 0 Å². The predicted molar refractivity (Wildman–Crippen MR) is 95.1 cm³/mol. The Hall–Kier alpha value is -1.93. The molecular weight excluding hydrogens is 385 g/mol. The van der Waals surface area contributed by atoms with E-state index >= 15 is 0 Å². The zero-order chi connectivity index (χ0) is 17.9. The molecule has 0 bridgehead atoms. The molecule has 1 aromatic heterocycles. The molecule has 25 heavy (non-hydrogen) atoms. The maximum atomic E-state index is 12.2. The minimum absolute atomic E-state index is 0.0315. The van der Waals surface area contributed by atoms with Crippen LogP contribution in [0.4, 0.5) is 0 Å². The topological polar surface area (TPSA) is 85.1 Å². The van der Waals surface area contributed by atoms with Gasteiger partial charge in [0.15, 0.2) is 0 Å². The highest BCUT2D eigenvalue weighted by Crippen LogP contribution is 2.20. The molecule has 2 aromatic carbocycles. The number of nitrogens with zero attached hydrogens (tertiary/aromatic N) is 2. The Morgan fingerprint density at radius 2 is 1.76 bits per heavy atom. The fourth-order valence-electron chi connectivity index (χ4n) is 2.11. The van der Waals surface area contributed by atoms with Gasteiger partial charge in [-0.2, -0.15) is 4.98 Å². The Labute approximate surface area is 154 Å². The van der Waals surface area contributed by atoms with E-state index in [9.17, 15) is 8.42 Å². The van der Waals surface area contributed by atoms with E-state index < -0.39 is 10.0 Å². The van der Waals surface area contributed by atoms with Crippen LogP contribution in [0.25, 0.3) is 11.4 Å². The summed E-state index contributed by atoms with van der Waals surface area (Å²) in [5, 5.41) is 4.65. The lowest BCUT2D eigenvalue weighted by Crippen LogP contribution is -2.26. The first-order valence-corrected chi connectivity index (χ1v) is 9.52. The van der Waals surface area contributed by atoms with Gasteiger partial charge in [0.2, 0.25) is 21.7 Å². The highest BCUT2D eigenvalue weighted by atomic mass is 35.5. The molecule has 0 spiro atoms. The van der Waals surface area contributed by atoms with Crippen molar-refractivity contribution in [1.29, 1.82) is 0 Å². The lowest BCUT2D eigenvalue weighted by molar-refractivity contribution is 0.379. The third-order valence-corrected chi connectivity index (χ3v) is 5.54. The molecule has 0 fully saturated rings. The second-order valence-electron chi connectivity index (χ2n) is 5.10. The number of hydrogen-bond acceptors (Lipinski definition) is 5. The average molecular weight is 398 g/mol. The summed E-state index contributed by atoms with van der Waals surface area (Å²) >= 11 is 11.8. The Kier molecular flexibility index (Phi) is 5.39. The molecule has 0 saturated carbocycles. The Morgan fingerprint density at radius 3 is 2.48 bits per heavy atom. The fourth-order valence-corrected chi connectivity index (χ4v) is 3.78. The maximum Gasteiger partial charge on any atom is 0.242 e. The summed E-state index contributed by atoms with van der Waals surface area (Å²) in [6, 6.07) is 13.2. The molecule has 0 radical (unpaired) electrons. The summed E-state index contributed by atoms with van der Waals surface area (Å²) in [5.41, 5.74) is 0.760. The number of aromatic nitrogens is 2. The van der Waals surface area contributed by atoms with Crippen LogP contribution in [0.1, 0.15) is 5.89 Å². The minimum Gasteiger partial charge on any atom is -0.339 e. The van der Waals surface area contributed by atoms with E-state index in [1.807, 2.05) is 0 Å². The van der Waals surface area contributed by atoms with Gasteiger partial charge in [0, 0.05) is 23.6 Å². The first-order valence-electron chi connectivity index (χ1n) is 7.28. The van der Waals surface area contributed by atoms with E-state index in [0.717, 1.165) is 5.56 Å². The molecular formula is C16H13Cl2N3O3S. The van der Waals surface area contributed by atoms with Gasteiger partial charge >= 0.3 is 0 Å². The zero-order valence-electron chi connectivity index (χ0n) is 12.8. The van der Waals surface area contributed by atoms with E-state index in [2.05, 4.69) is 14.9 Å². The minimum atomic E-state index is -3.70. The van der Waals surface area contributed by atoms with Crippen molar-refractivity contribution >= 4 is 33.2 Å². The number of hydrogen-bond donors (Lipinski definition) is 1. The van der Waals surface area contributed by atoms with Crippen LogP contribution in [0.15, 0.2) is 57.9 Å². The summed E-state index contributed by atoms with van der Waals surface area (Å²) < 4.78 is 32.1. The van der Waals surface area contributed by atoms with Crippen molar-refractivity contribution in [2.75, 3.05) is 6.54 Å². The zero-order valence-corrected chi connectivity index (χ0v) is 15.1. The molecule has 3 aromatic rings. The van der Waals surface area contributed by atoms with Crippen molar-refractivity contribution < 1.29 is 12.9 Å². The lowest BCUT2D eigenvalue weighted by atomic mass is 10.2. The van der Waals surface area contributed by atoms with Gasteiger partial charge in [0.1, 0.15) is 4.90 Å². The van der Waals surface area contributed by atoms with Gasteiger partial charge in [-0.15, -0.1) is 0 Å². The van der Waals surface area contributed by atoms with Gasteiger partial charge in [0.25, 0.3) is 0 Å². The van der Waals surface area contributed by atoms with Crippen molar-refractivity contribution in [3.63, 3.8) is 0 Å². The fraction of sp³-hybridized carbons (Fsp3) is 0.125. The number of halogens is 2. The third kappa shape index (κ3) is 4.38. The van der Waals surface area contributed by atoms with Gasteiger partial charge in [-0.3, -0.25) is 0 Å². The van der Waals surface area contributed by atoms with E-state index in [-0.39, 0.29) is 22.9 Å². The molecule has 0 aliphatic rings. The van der Waals surface area contributed by atoms with Crippen LogP contribution < -0.4 is 4.72 Å². The van der Waals surface area contributed by atoms with Crippen molar-refractivity contribution in [2.24, 2.45) is 0 Å². The predicted octanol–water partition coefficient (Wildman–Crippen LogP) is 3.56. The first kappa shape index (κ1) is 17.9. The first-order chi connectivity index (χ1) is 12.0. The van der Waals surface area contributed by atoms with Crippen molar-refractivity contribution in [2.45, 2.75) is 11.3 Å². The van der Waals surface area contributed by atoms with Crippen LogP contribution in [-0.2, 0) is 16.4 Å². The molecule has 0 amide bonds. The normalized spacial score (nSPS) is 11.6. The van der Waals surface area contributed by atoms with Crippen LogP contribution in [0.3, 0.4) is 0 Å². The molecule has 6 nitrogen and oxygen atoms in total. The second-order valence-corrected chi connectivity index (χ2v) is 7.68. The Bertz CT molecular complexity index is 972. The molecule has 0 aliphatic heterocycles. The SMILES string of the molecule is O=S(=O)(NCCc1nc(-c2ccc(Cl)cc2)no1)c1ccccc1Cl. The van der Waals surface area contributed by atoms with Crippen LogP contribution in [-0.4, -0.2) is 25.1 Å². The Balaban J connectivity index is 1.63. The van der Waals surface area contributed by atoms with Crippen molar-refractivity contribution in [3.8, 4) is 11.4 Å². The average Bonchev–Trinajstić information content (AvgIpc) is 3.04.